The van der Waals surface area contributed by atoms with Crippen LogP contribution in [-0.2, 0) is 20.0 Å². The third-order valence-corrected chi connectivity index (χ3v) is 6.52. The van der Waals surface area contributed by atoms with Crippen molar-refractivity contribution >= 4 is 20.0 Å². The maximum absolute atomic E-state index is 12.4. The molecule has 0 amide bonds. The molecule has 1 aromatic rings. The van der Waals surface area contributed by atoms with E-state index < -0.39 is 25.6 Å². The van der Waals surface area contributed by atoms with Crippen molar-refractivity contribution in [2.24, 2.45) is 0 Å². The number of hydrogen-bond acceptors (Lipinski definition) is 4. The molecule has 0 atom stereocenters. The van der Waals surface area contributed by atoms with Crippen LogP contribution in [0.3, 0.4) is 0 Å². The molecule has 1 aromatic carbocycles. The summed E-state index contributed by atoms with van der Waals surface area (Å²) in [5, 5.41) is 0. The highest BCUT2D eigenvalue weighted by atomic mass is 32.2. The molecule has 0 aliphatic rings. The number of nitrogens with zero attached hydrogens (tertiary/aromatic N) is 1. The Kier molecular flexibility index (Phi) is 6.01. The minimum Gasteiger partial charge on any atom is -0.212 e. The van der Waals surface area contributed by atoms with E-state index in [0.29, 0.717) is 5.56 Å². The summed E-state index contributed by atoms with van der Waals surface area (Å²) in [6, 6.07) is 5.21. The molecule has 0 aliphatic heterocycles. The first-order valence-corrected chi connectivity index (χ1v) is 10.6. The van der Waals surface area contributed by atoms with Gasteiger partial charge in [0.05, 0.1) is 11.2 Å². The summed E-state index contributed by atoms with van der Waals surface area (Å²) in [4.78, 5) is 0.221. The van der Waals surface area contributed by atoms with Crippen molar-refractivity contribution in [2.45, 2.75) is 45.1 Å². The van der Waals surface area contributed by atoms with Crippen LogP contribution in [0.1, 0.15) is 31.9 Å². The molecule has 23 heavy (non-hydrogen) atoms. The van der Waals surface area contributed by atoms with E-state index in [1.54, 1.807) is 39.8 Å². The quantitative estimate of drug-likeness (QED) is 0.834. The first-order valence-electron chi connectivity index (χ1n) is 7.30. The van der Waals surface area contributed by atoms with Gasteiger partial charge in [-0.2, -0.15) is 4.31 Å². The van der Waals surface area contributed by atoms with E-state index in [2.05, 4.69) is 4.72 Å². The van der Waals surface area contributed by atoms with E-state index in [9.17, 15) is 16.8 Å². The van der Waals surface area contributed by atoms with Gasteiger partial charge in [-0.1, -0.05) is 12.1 Å². The second-order valence-electron chi connectivity index (χ2n) is 6.67. The van der Waals surface area contributed by atoms with E-state index in [4.69, 9.17) is 0 Å². The van der Waals surface area contributed by atoms with Crippen LogP contribution < -0.4 is 4.72 Å². The lowest BCUT2D eigenvalue weighted by molar-refractivity contribution is 0.254. The van der Waals surface area contributed by atoms with Crippen LogP contribution in [0.25, 0.3) is 0 Å². The number of benzene rings is 1. The van der Waals surface area contributed by atoms with Crippen molar-refractivity contribution in [3.63, 3.8) is 0 Å². The molecular formula is C15H26N2O4S2. The van der Waals surface area contributed by atoms with Crippen LogP contribution in [0.2, 0.25) is 0 Å². The molecule has 0 unspecified atom stereocenters. The molecule has 0 aromatic heterocycles. The Morgan fingerprint density at radius 2 is 1.65 bits per heavy atom. The Hall–Kier alpha value is -0.960. The largest absolute Gasteiger partial charge is 0.240 e. The van der Waals surface area contributed by atoms with Crippen LogP contribution >= 0.6 is 0 Å². The summed E-state index contributed by atoms with van der Waals surface area (Å²) >= 11 is 0. The Balaban J connectivity index is 2.91. The van der Waals surface area contributed by atoms with Crippen LogP contribution in [0.5, 0.6) is 0 Å². The van der Waals surface area contributed by atoms with Crippen LogP contribution in [0.4, 0.5) is 0 Å². The van der Waals surface area contributed by atoms with Crippen molar-refractivity contribution in [2.75, 3.05) is 19.3 Å². The molecule has 0 spiro atoms. The fourth-order valence-electron chi connectivity index (χ4n) is 2.35. The Bertz CT molecular complexity index is 763. The lowest BCUT2D eigenvalue weighted by Gasteiger charge is -2.33. The van der Waals surface area contributed by atoms with Gasteiger partial charge in [0.25, 0.3) is 0 Å². The summed E-state index contributed by atoms with van der Waals surface area (Å²) in [5.74, 6) is 0. The van der Waals surface area contributed by atoms with Crippen molar-refractivity contribution in [1.82, 2.24) is 9.03 Å². The highest BCUT2D eigenvalue weighted by Crippen LogP contribution is 2.18. The summed E-state index contributed by atoms with van der Waals surface area (Å²) in [6.07, 6.45) is 1.12. The molecule has 1 N–H and O–H groups in total. The van der Waals surface area contributed by atoms with E-state index in [-0.39, 0.29) is 18.0 Å². The monoisotopic (exact) mass is 362 g/mol. The zero-order chi connectivity index (χ0) is 18.1. The van der Waals surface area contributed by atoms with Gasteiger partial charge < -0.3 is 0 Å². The molecule has 0 saturated heterocycles. The molecule has 0 aliphatic carbocycles. The average Bonchev–Trinajstić information content (AvgIpc) is 2.34. The van der Waals surface area contributed by atoms with Crippen LogP contribution in [0.15, 0.2) is 23.1 Å². The van der Waals surface area contributed by atoms with Crippen molar-refractivity contribution < 1.29 is 16.8 Å². The van der Waals surface area contributed by atoms with Gasteiger partial charge in [0.1, 0.15) is 0 Å². The number of aryl methyl sites for hydroxylation is 2. The van der Waals surface area contributed by atoms with Gasteiger partial charge >= 0.3 is 0 Å². The molecule has 1 rings (SSSR count). The predicted molar refractivity (Wildman–Crippen MR) is 92.4 cm³/mol. The first kappa shape index (κ1) is 20.1. The van der Waals surface area contributed by atoms with E-state index in [1.807, 2.05) is 13.0 Å². The Labute approximate surface area is 140 Å². The molecule has 0 fully saturated rings. The third-order valence-electron chi connectivity index (χ3n) is 3.39. The first-order chi connectivity index (χ1) is 10.2. The van der Waals surface area contributed by atoms with Crippen molar-refractivity contribution in [1.29, 1.82) is 0 Å². The predicted octanol–water partition coefficient (Wildman–Crippen LogP) is 1.64. The summed E-state index contributed by atoms with van der Waals surface area (Å²) in [7, 11) is -7.09. The van der Waals surface area contributed by atoms with Gasteiger partial charge in [-0.25, -0.2) is 21.6 Å². The molecule has 132 valence electrons. The lowest BCUT2D eigenvalue weighted by atomic mass is 10.1. The van der Waals surface area contributed by atoms with Crippen LogP contribution in [-0.4, -0.2) is 46.0 Å². The second kappa shape index (κ2) is 6.88. The minimum atomic E-state index is -3.67. The fraction of sp³-hybridized carbons (Fsp3) is 0.600. The van der Waals surface area contributed by atoms with Crippen molar-refractivity contribution in [3.05, 3.63) is 29.3 Å². The third kappa shape index (κ3) is 5.56. The highest BCUT2D eigenvalue weighted by Gasteiger charge is 2.29. The topological polar surface area (TPSA) is 83.6 Å². The zero-order valence-electron chi connectivity index (χ0n) is 14.5. The van der Waals surface area contributed by atoms with Crippen LogP contribution in [0, 0.1) is 13.8 Å². The SMILES string of the molecule is Cc1ccc(C)c(S(=O)(=O)NCCN(C(C)(C)C)S(C)(=O)=O)c1. The molecule has 0 heterocycles. The van der Waals surface area contributed by atoms with E-state index in [0.717, 1.165) is 11.8 Å². The van der Waals surface area contributed by atoms with Gasteiger partial charge in [-0.3, -0.25) is 0 Å². The number of sulfonamides is 2. The summed E-state index contributed by atoms with van der Waals surface area (Å²) in [5.41, 5.74) is 0.889. The molecule has 8 heteroatoms. The lowest BCUT2D eigenvalue weighted by Crippen LogP contribution is -2.48. The van der Waals surface area contributed by atoms with Gasteiger partial charge in [0.2, 0.25) is 20.0 Å². The fourth-order valence-corrected chi connectivity index (χ4v) is 5.12. The number of nitrogens with one attached hydrogen (secondary N) is 1. The molecule has 0 bridgehead atoms. The van der Waals surface area contributed by atoms with Gasteiger partial charge in [-0.05, 0) is 51.8 Å². The minimum absolute atomic E-state index is 0.0139. The molecule has 6 nitrogen and oxygen atoms in total. The highest BCUT2D eigenvalue weighted by molar-refractivity contribution is 7.89. The summed E-state index contributed by atoms with van der Waals surface area (Å²) < 4.78 is 52.3. The van der Waals surface area contributed by atoms with E-state index >= 15 is 0 Å². The maximum Gasteiger partial charge on any atom is 0.240 e. The normalized spacial score (nSPS) is 13.5. The maximum atomic E-state index is 12.4. The van der Waals surface area contributed by atoms with Gasteiger partial charge in [0.15, 0.2) is 0 Å². The number of hydrogen-bond donors (Lipinski definition) is 1. The average molecular weight is 363 g/mol. The smallest absolute Gasteiger partial charge is 0.212 e. The Morgan fingerprint density at radius 3 is 2.13 bits per heavy atom. The molecule has 0 radical (unpaired) electrons. The number of rotatable bonds is 6. The standard InChI is InChI=1S/C15H26N2O4S2/c1-12-7-8-13(2)14(11-12)23(20,21)16-9-10-17(15(3,4)5)22(6,18)19/h7-8,11,16H,9-10H2,1-6H3. The van der Waals surface area contributed by atoms with Gasteiger partial charge in [0, 0.05) is 18.6 Å². The summed E-state index contributed by atoms with van der Waals surface area (Å²) in [6.45, 7) is 8.95. The molecular weight excluding hydrogens is 336 g/mol. The molecule has 0 saturated carbocycles. The Morgan fingerprint density at radius 1 is 1.09 bits per heavy atom. The van der Waals surface area contributed by atoms with E-state index in [1.165, 1.54) is 4.31 Å². The zero-order valence-corrected chi connectivity index (χ0v) is 16.2. The van der Waals surface area contributed by atoms with Crippen molar-refractivity contribution in [3.8, 4) is 0 Å². The van der Waals surface area contributed by atoms with Gasteiger partial charge in [-0.15, -0.1) is 0 Å². The second-order valence-corrected chi connectivity index (χ2v) is 10.3.